The average molecular weight is 441 g/mol. The van der Waals surface area contributed by atoms with Gasteiger partial charge in [-0.2, -0.15) is 0 Å². The van der Waals surface area contributed by atoms with Crippen molar-refractivity contribution in [3.05, 3.63) is 29.3 Å². The van der Waals surface area contributed by atoms with Gasteiger partial charge in [0, 0.05) is 6.04 Å². The van der Waals surface area contributed by atoms with Gasteiger partial charge < -0.3 is 10.4 Å². The topological polar surface area (TPSA) is 32.3 Å². The first-order valence-electron chi connectivity index (χ1n) is 11.3. The molecule has 0 saturated carbocycles. The molecule has 156 valence electrons. The fraction of sp³-hybridized carbons (Fsp3) is 0.750. The molecule has 27 heavy (non-hydrogen) atoms. The number of benzene rings is 1. The number of phenols is 1. The maximum Gasteiger partial charge on any atom is 0.115 e. The highest BCUT2D eigenvalue weighted by Crippen LogP contribution is 2.25. The van der Waals surface area contributed by atoms with Gasteiger partial charge in [-0.15, -0.1) is 17.0 Å². The van der Waals surface area contributed by atoms with Crippen molar-refractivity contribution in [2.24, 2.45) is 0 Å². The van der Waals surface area contributed by atoms with Gasteiger partial charge in [0.15, 0.2) is 0 Å². The zero-order chi connectivity index (χ0) is 18.5. The Labute approximate surface area is 178 Å². The number of phenolic OH excluding ortho intramolecular Hbond substituents is 1. The van der Waals surface area contributed by atoms with Crippen LogP contribution >= 0.6 is 17.0 Å². The summed E-state index contributed by atoms with van der Waals surface area (Å²) in [5, 5.41) is 13.3. The molecule has 0 spiro atoms. The Bertz CT molecular complexity index is 491. The van der Waals surface area contributed by atoms with Gasteiger partial charge in [0.25, 0.3) is 0 Å². The van der Waals surface area contributed by atoms with E-state index in [1.165, 1.54) is 94.6 Å². The molecular weight excluding hydrogens is 398 g/mol. The Kier molecular flexibility index (Phi) is 14.0. The predicted molar refractivity (Wildman–Crippen MR) is 123 cm³/mol. The molecule has 1 aliphatic rings. The number of rotatable bonds is 14. The third-order valence-corrected chi connectivity index (χ3v) is 5.88. The highest BCUT2D eigenvalue weighted by molar-refractivity contribution is 8.93. The van der Waals surface area contributed by atoms with E-state index < -0.39 is 0 Å². The lowest BCUT2D eigenvalue weighted by Crippen LogP contribution is -2.35. The third kappa shape index (κ3) is 10.5. The summed E-state index contributed by atoms with van der Waals surface area (Å²) in [5.41, 5.74) is 2.76. The van der Waals surface area contributed by atoms with Crippen molar-refractivity contribution in [1.29, 1.82) is 0 Å². The predicted octanol–water partition coefficient (Wildman–Crippen LogP) is 7.12. The molecule has 0 saturated heterocycles. The fourth-order valence-electron chi connectivity index (χ4n) is 4.19. The number of halogens is 1. The normalized spacial score (nSPS) is 16.0. The summed E-state index contributed by atoms with van der Waals surface area (Å²) in [7, 11) is 0. The summed E-state index contributed by atoms with van der Waals surface area (Å²) in [6.07, 6.45) is 20.4. The molecule has 2 N–H and O–H groups in total. The van der Waals surface area contributed by atoms with Crippen LogP contribution in [0.4, 0.5) is 0 Å². The lowest BCUT2D eigenvalue weighted by molar-refractivity contribution is 0.441. The lowest BCUT2D eigenvalue weighted by atomic mass is 9.88. The van der Waals surface area contributed by atoms with E-state index in [2.05, 4.69) is 18.3 Å². The van der Waals surface area contributed by atoms with Crippen molar-refractivity contribution in [2.75, 3.05) is 6.54 Å². The minimum absolute atomic E-state index is 0. The first kappa shape index (κ1) is 24.5. The molecule has 2 nitrogen and oxygen atoms in total. The molecule has 1 aromatic carbocycles. The number of hydrogen-bond acceptors (Lipinski definition) is 2. The zero-order valence-corrected chi connectivity index (χ0v) is 19.2. The van der Waals surface area contributed by atoms with Crippen LogP contribution in [0.5, 0.6) is 5.75 Å². The van der Waals surface area contributed by atoms with Crippen LogP contribution in [0, 0.1) is 0 Å². The Morgan fingerprint density at radius 3 is 2.07 bits per heavy atom. The van der Waals surface area contributed by atoms with Crippen molar-refractivity contribution in [1.82, 2.24) is 5.32 Å². The van der Waals surface area contributed by atoms with Gasteiger partial charge in [-0.05, 0) is 55.5 Å². The largest absolute Gasteiger partial charge is 0.508 e. The molecule has 3 heteroatoms. The van der Waals surface area contributed by atoms with E-state index in [-0.39, 0.29) is 17.0 Å². The van der Waals surface area contributed by atoms with Crippen molar-refractivity contribution in [3.63, 3.8) is 0 Å². The van der Waals surface area contributed by atoms with Crippen LogP contribution < -0.4 is 5.32 Å². The molecule has 1 unspecified atom stereocenters. The van der Waals surface area contributed by atoms with Crippen LogP contribution in [0.2, 0.25) is 0 Å². The molecule has 0 fully saturated rings. The molecule has 1 aliphatic carbocycles. The van der Waals surface area contributed by atoms with Gasteiger partial charge in [0.1, 0.15) is 5.75 Å². The van der Waals surface area contributed by atoms with Gasteiger partial charge in [0.05, 0.1) is 0 Å². The summed E-state index contributed by atoms with van der Waals surface area (Å²) in [6.45, 7) is 3.45. The van der Waals surface area contributed by atoms with Crippen LogP contribution in [0.1, 0.15) is 102 Å². The Balaban J connectivity index is 0.00000364. The monoisotopic (exact) mass is 439 g/mol. The zero-order valence-electron chi connectivity index (χ0n) is 17.5. The maximum atomic E-state index is 9.57. The molecule has 0 amide bonds. The van der Waals surface area contributed by atoms with Crippen molar-refractivity contribution in [3.8, 4) is 5.75 Å². The van der Waals surface area contributed by atoms with Crippen molar-refractivity contribution in [2.45, 2.75) is 109 Å². The van der Waals surface area contributed by atoms with E-state index in [0.29, 0.717) is 11.8 Å². The van der Waals surface area contributed by atoms with Gasteiger partial charge in [0.2, 0.25) is 0 Å². The quantitative estimate of drug-likeness (QED) is 0.302. The van der Waals surface area contributed by atoms with Gasteiger partial charge in [-0.1, -0.05) is 83.6 Å². The molecule has 1 atom stereocenters. The minimum Gasteiger partial charge on any atom is -0.508 e. The molecular formula is C24H42BrNO. The van der Waals surface area contributed by atoms with E-state index in [4.69, 9.17) is 0 Å². The standard InChI is InChI=1S/C24H41NO.BrH/c1-2-3-4-5-6-7-8-9-10-11-12-13-18-25-23-16-14-22-20-24(26)17-15-21(22)19-23;/h15,17,20,23,25-26H,2-14,16,18-19H2,1H3;1H. The number of aromatic hydroxyl groups is 1. The van der Waals surface area contributed by atoms with Crippen molar-refractivity contribution >= 4 is 17.0 Å². The summed E-state index contributed by atoms with van der Waals surface area (Å²) in [5.74, 6) is 0.409. The maximum absolute atomic E-state index is 9.57. The van der Waals surface area contributed by atoms with Crippen LogP contribution in [0.25, 0.3) is 0 Å². The van der Waals surface area contributed by atoms with E-state index in [1.54, 1.807) is 0 Å². The first-order valence-corrected chi connectivity index (χ1v) is 11.3. The third-order valence-electron chi connectivity index (χ3n) is 5.88. The van der Waals surface area contributed by atoms with Gasteiger partial charge >= 0.3 is 0 Å². The molecule has 1 aromatic rings. The van der Waals surface area contributed by atoms with E-state index in [1.807, 2.05) is 12.1 Å². The van der Waals surface area contributed by atoms with Crippen LogP contribution in [0.3, 0.4) is 0 Å². The van der Waals surface area contributed by atoms with E-state index in [0.717, 1.165) is 19.4 Å². The minimum atomic E-state index is 0. The van der Waals surface area contributed by atoms with Crippen LogP contribution in [-0.4, -0.2) is 17.7 Å². The summed E-state index contributed by atoms with van der Waals surface area (Å²) >= 11 is 0. The Morgan fingerprint density at radius 1 is 0.852 bits per heavy atom. The highest BCUT2D eigenvalue weighted by Gasteiger charge is 2.18. The molecule has 0 bridgehead atoms. The summed E-state index contributed by atoms with van der Waals surface area (Å²) in [4.78, 5) is 0. The van der Waals surface area contributed by atoms with E-state index >= 15 is 0 Å². The lowest BCUT2D eigenvalue weighted by Gasteiger charge is -2.25. The van der Waals surface area contributed by atoms with Crippen molar-refractivity contribution < 1.29 is 5.11 Å². The second-order valence-corrected chi connectivity index (χ2v) is 8.24. The fourth-order valence-corrected chi connectivity index (χ4v) is 4.19. The molecule has 0 heterocycles. The Morgan fingerprint density at radius 2 is 1.44 bits per heavy atom. The average Bonchev–Trinajstić information content (AvgIpc) is 2.65. The summed E-state index contributed by atoms with van der Waals surface area (Å²) < 4.78 is 0. The van der Waals surface area contributed by atoms with E-state index in [9.17, 15) is 5.11 Å². The number of unbranched alkanes of at least 4 members (excludes halogenated alkanes) is 11. The number of nitrogens with one attached hydrogen (secondary N) is 1. The number of aryl methyl sites for hydroxylation is 1. The van der Waals surface area contributed by atoms with Gasteiger partial charge in [-0.3, -0.25) is 0 Å². The molecule has 0 aliphatic heterocycles. The molecule has 2 rings (SSSR count). The smallest absolute Gasteiger partial charge is 0.115 e. The number of hydrogen-bond donors (Lipinski definition) is 2. The molecule has 0 aromatic heterocycles. The first-order chi connectivity index (χ1) is 12.8. The van der Waals surface area contributed by atoms with Crippen LogP contribution in [0.15, 0.2) is 18.2 Å². The molecule has 0 radical (unpaired) electrons. The second-order valence-electron chi connectivity index (χ2n) is 8.24. The SMILES string of the molecule is Br.CCCCCCCCCCCCCCNC1CCc2cc(O)ccc2C1. The highest BCUT2D eigenvalue weighted by atomic mass is 79.9. The van der Waals surface area contributed by atoms with Crippen LogP contribution in [-0.2, 0) is 12.8 Å². The van der Waals surface area contributed by atoms with Gasteiger partial charge in [-0.25, -0.2) is 0 Å². The Hall–Kier alpha value is -0.540. The second kappa shape index (κ2) is 15.4. The summed E-state index contributed by atoms with van der Waals surface area (Å²) in [6, 6.07) is 6.49. The number of fused-ring (bicyclic) bond motifs is 1.